The Kier molecular flexibility index (Phi) is 10.1. The average molecular weight is 500 g/mol. The minimum atomic E-state index is 0. The molecule has 1 heterocycles. The number of rotatable bonds is 7. The van der Waals surface area contributed by atoms with E-state index in [2.05, 4.69) is 82.6 Å². The van der Waals surface area contributed by atoms with Gasteiger partial charge >= 0.3 is 0 Å². The van der Waals surface area contributed by atoms with Crippen molar-refractivity contribution in [3.8, 4) is 5.75 Å². The number of benzene rings is 3. The Balaban J connectivity index is 0.00000162. The molecule has 1 fully saturated rings. The summed E-state index contributed by atoms with van der Waals surface area (Å²) in [5.74, 6) is 1.11. The Labute approximate surface area is 216 Å². The van der Waals surface area contributed by atoms with Gasteiger partial charge in [0.15, 0.2) is 0 Å². The summed E-state index contributed by atoms with van der Waals surface area (Å²) in [5, 5.41) is 0. The summed E-state index contributed by atoms with van der Waals surface area (Å²) in [6.07, 6.45) is 5.93. The van der Waals surface area contributed by atoms with Crippen molar-refractivity contribution in [2.24, 2.45) is 0 Å². The van der Waals surface area contributed by atoms with Gasteiger partial charge in [0.1, 0.15) is 5.75 Å². The van der Waals surface area contributed by atoms with Crippen molar-refractivity contribution in [1.82, 2.24) is 4.90 Å². The molecule has 182 valence electrons. The Morgan fingerprint density at radius 3 is 2.15 bits per heavy atom. The summed E-state index contributed by atoms with van der Waals surface area (Å²) in [5.41, 5.74) is 7.03. The maximum atomic E-state index is 6.19. The van der Waals surface area contributed by atoms with Crippen LogP contribution in [-0.4, -0.2) is 37.7 Å². The highest BCUT2D eigenvalue weighted by molar-refractivity contribution is 5.85. The van der Waals surface area contributed by atoms with E-state index in [0.717, 1.165) is 51.5 Å². The zero-order chi connectivity index (χ0) is 21.6. The second kappa shape index (κ2) is 13.0. The lowest BCUT2D eigenvalue weighted by Gasteiger charge is -2.36. The predicted molar refractivity (Wildman–Crippen MR) is 147 cm³/mol. The molecule has 3 nitrogen and oxygen atoms in total. The van der Waals surface area contributed by atoms with E-state index in [1.54, 1.807) is 0 Å². The summed E-state index contributed by atoms with van der Waals surface area (Å²) in [6, 6.07) is 26.5. The van der Waals surface area contributed by atoms with Gasteiger partial charge in [0.2, 0.25) is 0 Å². The van der Waals surface area contributed by atoms with Crippen LogP contribution in [0.1, 0.15) is 35.1 Å². The molecule has 0 bridgehead atoms. The summed E-state index contributed by atoms with van der Waals surface area (Å²) >= 11 is 0. The van der Waals surface area contributed by atoms with Crippen LogP contribution in [0.25, 0.3) is 0 Å². The first-order valence-corrected chi connectivity index (χ1v) is 12.2. The van der Waals surface area contributed by atoms with E-state index in [1.165, 1.54) is 53.6 Å². The van der Waals surface area contributed by atoms with Crippen molar-refractivity contribution in [2.75, 3.05) is 37.7 Å². The summed E-state index contributed by atoms with van der Waals surface area (Å²) in [4.78, 5) is 5.06. The second-order valence-electron chi connectivity index (χ2n) is 9.11. The number of para-hydroxylation sites is 1. The van der Waals surface area contributed by atoms with Gasteiger partial charge in [0, 0.05) is 44.8 Å². The molecule has 5 rings (SSSR count). The SMILES string of the molecule is Cl.Cl.c1ccc(N2CCN(Cc3ccc(CCOc4cccc5c4CCCC5)cc3)CC2)cc1. The van der Waals surface area contributed by atoms with Crippen LogP contribution in [0.3, 0.4) is 0 Å². The van der Waals surface area contributed by atoms with Gasteiger partial charge < -0.3 is 9.64 Å². The van der Waals surface area contributed by atoms with Gasteiger partial charge in [-0.1, -0.05) is 54.6 Å². The molecule has 1 aliphatic carbocycles. The molecule has 1 saturated heterocycles. The molecule has 0 radical (unpaired) electrons. The van der Waals surface area contributed by atoms with E-state index in [1.807, 2.05) is 0 Å². The largest absolute Gasteiger partial charge is 0.493 e. The van der Waals surface area contributed by atoms with Gasteiger partial charge in [-0.2, -0.15) is 0 Å². The fourth-order valence-electron chi connectivity index (χ4n) is 5.03. The number of fused-ring (bicyclic) bond motifs is 1. The molecule has 5 heteroatoms. The number of anilines is 1. The van der Waals surface area contributed by atoms with Gasteiger partial charge in [-0.3, -0.25) is 4.90 Å². The molecule has 34 heavy (non-hydrogen) atoms. The lowest BCUT2D eigenvalue weighted by atomic mass is 9.91. The third kappa shape index (κ3) is 6.69. The highest BCUT2D eigenvalue weighted by Crippen LogP contribution is 2.29. The Hall–Kier alpha value is -2.20. The zero-order valence-electron chi connectivity index (χ0n) is 19.8. The van der Waals surface area contributed by atoms with Gasteiger partial charge in [-0.25, -0.2) is 0 Å². The Bertz CT molecular complexity index is 1000. The van der Waals surface area contributed by atoms with Gasteiger partial charge in [0.25, 0.3) is 0 Å². The highest BCUT2D eigenvalue weighted by atomic mass is 35.5. The summed E-state index contributed by atoms with van der Waals surface area (Å²) in [6.45, 7) is 6.22. The maximum Gasteiger partial charge on any atom is 0.122 e. The topological polar surface area (TPSA) is 15.7 Å². The third-order valence-electron chi connectivity index (χ3n) is 6.92. The fourth-order valence-corrected chi connectivity index (χ4v) is 5.03. The lowest BCUT2D eigenvalue weighted by molar-refractivity contribution is 0.250. The van der Waals surface area contributed by atoms with Crippen LogP contribution in [-0.2, 0) is 25.8 Å². The van der Waals surface area contributed by atoms with Crippen molar-refractivity contribution in [1.29, 1.82) is 0 Å². The molecule has 0 unspecified atom stereocenters. The van der Waals surface area contributed by atoms with Gasteiger partial charge in [-0.05, 0) is 66.1 Å². The van der Waals surface area contributed by atoms with E-state index in [-0.39, 0.29) is 24.8 Å². The molecule has 0 atom stereocenters. The standard InChI is InChI=1S/C29H34N2O.2ClH/c1-2-9-27(10-3-1)31-20-18-30(19-21-31)23-25-15-13-24(14-16-25)17-22-32-29-12-6-8-26-7-4-5-11-28(26)29;;/h1-3,6,8-10,12-16H,4-5,7,11,17-23H2;2*1H. The predicted octanol–water partition coefficient (Wildman–Crippen LogP) is 6.35. The molecule has 1 aliphatic heterocycles. The molecule has 0 aromatic heterocycles. The van der Waals surface area contributed by atoms with Crippen LogP contribution >= 0.6 is 24.8 Å². The van der Waals surface area contributed by atoms with Gasteiger partial charge in [0.05, 0.1) is 6.61 Å². The molecule has 3 aromatic carbocycles. The molecule has 0 saturated carbocycles. The highest BCUT2D eigenvalue weighted by Gasteiger charge is 2.17. The second-order valence-corrected chi connectivity index (χ2v) is 9.11. The first-order chi connectivity index (χ1) is 15.8. The first-order valence-electron chi connectivity index (χ1n) is 12.2. The van der Waals surface area contributed by atoms with Crippen LogP contribution in [0.15, 0.2) is 72.8 Å². The van der Waals surface area contributed by atoms with Crippen LogP contribution in [0, 0.1) is 0 Å². The van der Waals surface area contributed by atoms with Crippen molar-refractivity contribution in [3.05, 3.63) is 95.1 Å². The van der Waals surface area contributed by atoms with Crippen LogP contribution in [0.5, 0.6) is 5.75 Å². The molecule has 2 aliphatic rings. The summed E-state index contributed by atoms with van der Waals surface area (Å²) < 4.78 is 6.19. The molecular formula is C29H36Cl2N2O. The Morgan fingerprint density at radius 1 is 0.676 bits per heavy atom. The van der Waals surface area contributed by atoms with E-state index >= 15 is 0 Å². The molecular weight excluding hydrogens is 463 g/mol. The number of piperazine rings is 1. The van der Waals surface area contributed by atoms with Crippen LogP contribution < -0.4 is 9.64 Å². The van der Waals surface area contributed by atoms with Crippen molar-refractivity contribution in [2.45, 2.75) is 38.6 Å². The molecule has 0 N–H and O–H groups in total. The number of hydrogen-bond donors (Lipinski definition) is 0. The minimum Gasteiger partial charge on any atom is -0.493 e. The number of halogens is 2. The first kappa shape index (κ1) is 26.4. The van der Waals surface area contributed by atoms with Crippen LogP contribution in [0.4, 0.5) is 5.69 Å². The minimum absolute atomic E-state index is 0. The maximum absolute atomic E-state index is 6.19. The molecule has 0 spiro atoms. The average Bonchev–Trinajstić information content (AvgIpc) is 2.86. The number of ether oxygens (including phenoxy) is 1. The number of nitrogens with zero attached hydrogens (tertiary/aromatic N) is 2. The molecule has 3 aromatic rings. The van der Waals surface area contributed by atoms with Crippen molar-refractivity contribution < 1.29 is 4.74 Å². The van der Waals surface area contributed by atoms with E-state index in [9.17, 15) is 0 Å². The Morgan fingerprint density at radius 2 is 1.38 bits per heavy atom. The number of aryl methyl sites for hydroxylation is 1. The quantitative estimate of drug-likeness (QED) is 0.377. The van der Waals surface area contributed by atoms with E-state index in [4.69, 9.17) is 4.74 Å². The monoisotopic (exact) mass is 498 g/mol. The van der Waals surface area contributed by atoms with E-state index in [0.29, 0.717) is 0 Å². The fraction of sp³-hybridized carbons (Fsp3) is 0.379. The van der Waals surface area contributed by atoms with Gasteiger partial charge in [-0.15, -0.1) is 24.8 Å². The van der Waals surface area contributed by atoms with E-state index < -0.39 is 0 Å². The van der Waals surface area contributed by atoms with Crippen LogP contribution in [0.2, 0.25) is 0 Å². The van der Waals surface area contributed by atoms with Crippen molar-refractivity contribution in [3.63, 3.8) is 0 Å². The summed E-state index contributed by atoms with van der Waals surface area (Å²) in [7, 11) is 0. The zero-order valence-corrected chi connectivity index (χ0v) is 21.5. The normalized spacial score (nSPS) is 15.6. The number of hydrogen-bond acceptors (Lipinski definition) is 3. The molecule has 0 amide bonds. The van der Waals surface area contributed by atoms with Crippen molar-refractivity contribution >= 4 is 30.5 Å². The smallest absolute Gasteiger partial charge is 0.122 e. The third-order valence-corrected chi connectivity index (χ3v) is 6.92. The lowest BCUT2D eigenvalue weighted by Crippen LogP contribution is -2.45.